The first-order chi connectivity index (χ1) is 8.07. The van der Waals surface area contributed by atoms with Gasteiger partial charge in [0.1, 0.15) is 6.29 Å². The van der Waals surface area contributed by atoms with Crippen LogP contribution in [0.25, 0.3) is 0 Å². The molecule has 1 fully saturated rings. The number of quaternary nitrogens is 1. The van der Waals surface area contributed by atoms with Crippen molar-refractivity contribution in [2.24, 2.45) is 5.41 Å². The van der Waals surface area contributed by atoms with Crippen molar-refractivity contribution in [2.45, 2.75) is 45.1 Å². The van der Waals surface area contributed by atoms with E-state index in [0.717, 1.165) is 43.3 Å². The summed E-state index contributed by atoms with van der Waals surface area (Å²) in [5.41, 5.74) is -0.511. The number of ether oxygens (including phenoxy) is 1. The molecule has 4 nitrogen and oxygen atoms in total. The van der Waals surface area contributed by atoms with Crippen molar-refractivity contribution in [3.05, 3.63) is 0 Å². The highest BCUT2D eigenvalue weighted by molar-refractivity contribution is 5.81. The molecule has 1 aliphatic carbocycles. The Balaban J connectivity index is 0.00000289. The molecule has 0 aromatic heterocycles. The van der Waals surface area contributed by atoms with Crippen molar-refractivity contribution >= 4 is 12.3 Å². The molecule has 106 valence electrons. The van der Waals surface area contributed by atoms with Gasteiger partial charge in [0.2, 0.25) is 0 Å². The van der Waals surface area contributed by atoms with Crippen LogP contribution in [0.2, 0.25) is 0 Å². The van der Waals surface area contributed by atoms with Crippen LogP contribution >= 0.6 is 0 Å². The maximum atomic E-state index is 12.0. The van der Waals surface area contributed by atoms with Crippen LogP contribution in [0.5, 0.6) is 0 Å². The molecule has 0 bridgehead atoms. The van der Waals surface area contributed by atoms with E-state index in [1.165, 1.54) is 0 Å². The molecular weight excluding hydrogens is 254 g/mol. The Morgan fingerprint density at radius 2 is 1.89 bits per heavy atom. The summed E-state index contributed by atoms with van der Waals surface area (Å²) in [7, 11) is 3.84. The number of carbonyl (C=O) groups is 2. The molecule has 0 aromatic rings. The Kier molecular flexibility index (Phi) is 7.48. The van der Waals surface area contributed by atoms with Crippen LogP contribution in [0.15, 0.2) is 0 Å². The minimum atomic E-state index is -0.511. The highest BCUT2D eigenvalue weighted by atomic mass is 35.5. The Hall–Kier alpha value is -0.610. The van der Waals surface area contributed by atoms with Crippen LogP contribution in [-0.2, 0) is 14.3 Å². The van der Waals surface area contributed by atoms with Crippen molar-refractivity contribution in [3.8, 4) is 0 Å². The second kappa shape index (κ2) is 7.74. The van der Waals surface area contributed by atoms with E-state index in [2.05, 4.69) is 0 Å². The zero-order valence-electron chi connectivity index (χ0n) is 11.5. The van der Waals surface area contributed by atoms with Gasteiger partial charge in [0.15, 0.2) is 6.04 Å². The second-order valence-electron chi connectivity index (χ2n) is 5.17. The fourth-order valence-electron chi connectivity index (χ4n) is 2.96. The lowest BCUT2D eigenvalue weighted by Gasteiger charge is -2.38. The summed E-state index contributed by atoms with van der Waals surface area (Å²) in [6.07, 6.45) is 5.84. The van der Waals surface area contributed by atoms with Crippen LogP contribution < -0.4 is 17.3 Å². The number of likely N-dealkylation sites (N-methyl/N-ethyl adjacent to an activating group) is 1. The Labute approximate surface area is 115 Å². The Morgan fingerprint density at radius 1 is 1.33 bits per heavy atom. The molecular formula is C13H24ClNO3. The normalized spacial score (nSPS) is 19.8. The number of nitrogens with one attached hydrogen (secondary N) is 1. The Morgan fingerprint density at radius 3 is 2.28 bits per heavy atom. The SMILES string of the molecule is CCOC(=O)C([NH+](C)C)C1(C=O)CCCCC1.[Cl-]. The van der Waals surface area contributed by atoms with Gasteiger partial charge < -0.3 is 26.8 Å². The van der Waals surface area contributed by atoms with Crippen LogP contribution in [0.3, 0.4) is 0 Å². The average Bonchev–Trinajstić information content (AvgIpc) is 2.30. The first-order valence-corrected chi connectivity index (χ1v) is 6.50. The average molecular weight is 278 g/mol. The predicted molar refractivity (Wildman–Crippen MR) is 64.8 cm³/mol. The minimum Gasteiger partial charge on any atom is -1.00 e. The van der Waals surface area contributed by atoms with Crippen molar-refractivity contribution < 1.29 is 31.6 Å². The summed E-state index contributed by atoms with van der Waals surface area (Å²) in [6.45, 7) is 2.17. The molecule has 1 N–H and O–H groups in total. The van der Waals surface area contributed by atoms with Crippen LogP contribution in [0.1, 0.15) is 39.0 Å². The van der Waals surface area contributed by atoms with Gasteiger partial charge in [-0.3, -0.25) is 0 Å². The van der Waals surface area contributed by atoms with E-state index < -0.39 is 5.41 Å². The van der Waals surface area contributed by atoms with E-state index >= 15 is 0 Å². The third kappa shape index (κ3) is 3.69. The zero-order valence-corrected chi connectivity index (χ0v) is 12.3. The molecule has 0 heterocycles. The number of aldehydes is 1. The standard InChI is InChI=1S/C13H23NO3.ClH/c1-4-17-12(16)11(14(2)3)13(10-15)8-6-5-7-9-13;/h10-11H,4-9H2,1-3H3;1H. The molecule has 1 unspecified atom stereocenters. The summed E-state index contributed by atoms with van der Waals surface area (Å²) in [6, 6.07) is -0.361. The molecule has 0 spiro atoms. The van der Waals surface area contributed by atoms with Crippen molar-refractivity contribution in [3.63, 3.8) is 0 Å². The van der Waals surface area contributed by atoms with Gasteiger partial charge >= 0.3 is 5.97 Å². The minimum absolute atomic E-state index is 0. The highest BCUT2D eigenvalue weighted by Crippen LogP contribution is 2.36. The molecule has 0 radical (unpaired) electrons. The van der Waals surface area contributed by atoms with Crippen molar-refractivity contribution in [2.75, 3.05) is 20.7 Å². The fraction of sp³-hybridized carbons (Fsp3) is 0.846. The first-order valence-electron chi connectivity index (χ1n) is 6.50. The fourth-order valence-corrected chi connectivity index (χ4v) is 2.96. The molecule has 5 heteroatoms. The van der Waals surface area contributed by atoms with E-state index in [1.807, 2.05) is 14.1 Å². The van der Waals surface area contributed by atoms with E-state index in [1.54, 1.807) is 6.92 Å². The number of halogens is 1. The zero-order chi connectivity index (χ0) is 12.9. The van der Waals surface area contributed by atoms with Gasteiger partial charge in [-0.2, -0.15) is 0 Å². The molecule has 0 aliphatic heterocycles. The van der Waals surface area contributed by atoms with Gasteiger partial charge in [0, 0.05) is 0 Å². The highest BCUT2D eigenvalue weighted by Gasteiger charge is 2.49. The molecule has 1 aliphatic rings. The lowest BCUT2D eigenvalue weighted by molar-refractivity contribution is -0.883. The van der Waals surface area contributed by atoms with Crippen molar-refractivity contribution in [1.29, 1.82) is 0 Å². The van der Waals surface area contributed by atoms with Crippen LogP contribution in [-0.4, -0.2) is 39.0 Å². The molecule has 1 rings (SSSR count). The number of carbonyl (C=O) groups excluding carboxylic acids is 2. The maximum Gasteiger partial charge on any atom is 0.365 e. The van der Waals surface area contributed by atoms with Gasteiger partial charge in [-0.1, -0.05) is 19.3 Å². The lowest BCUT2D eigenvalue weighted by atomic mass is 9.69. The number of hydrogen-bond donors (Lipinski definition) is 1. The van der Waals surface area contributed by atoms with Crippen molar-refractivity contribution in [1.82, 2.24) is 0 Å². The van der Waals surface area contributed by atoms with Crippen LogP contribution in [0, 0.1) is 5.41 Å². The van der Waals surface area contributed by atoms with E-state index in [9.17, 15) is 9.59 Å². The molecule has 0 aromatic carbocycles. The quantitative estimate of drug-likeness (QED) is 0.437. The summed E-state index contributed by atoms with van der Waals surface area (Å²) in [5.74, 6) is -0.235. The maximum absolute atomic E-state index is 12.0. The van der Waals surface area contributed by atoms with Gasteiger partial charge in [-0.05, 0) is 19.8 Å². The third-order valence-electron chi connectivity index (χ3n) is 3.69. The van der Waals surface area contributed by atoms with E-state index in [4.69, 9.17) is 4.74 Å². The summed E-state index contributed by atoms with van der Waals surface area (Å²) in [4.78, 5) is 24.5. The largest absolute Gasteiger partial charge is 1.00 e. The predicted octanol–water partition coefficient (Wildman–Crippen LogP) is -2.78. The molecule has 18 heavy (non-hydrogen) atoms. The van der Waals surface area contributed by atoms with Gasteiger partial charge in [0.05, 0.1) is 26.1 Å². The monoisotopic (exact) mass is 277 g/mol. The molecule has 1 saturated carbocycles. The topological polar surface area (TPSA) is 47.8 Å². The number of esters is 1. The Bertz CT molecular complexity index is 275. The molecule has 0 amide bonds. The number of hydrogen-bond acceptors (Lipinski definition) is 3. The van der Waals surface area contributed by atoms with Gasteiger partial charge in [-0.25, -0.2) is 4.79 Å². The molecule has 1 atom stereocenters. The lowest BCUT2D eigenvalue weighted by Crippen LogP contribution is -3.13. The van der Waals surface area contributed by atoms with E-state index in [0.29, 0.717) is 6.61 Å². The summed E-state index contributed by atoms with van der Waals surface area (Å²) < 4.78 is 5.13. The molecule has 0 saturated heterocycles. The smallest absolute Gasteiger partial charge is 0.365 e. The van der Waals surface area contributed by atoms with E-state index in [-0.39, 0.29) is 24.4 Å². The van der Waals surface area contributed by atoms with Gasteiger partial charge in [0.25, 0.3) is 0 Å². The van der Waals surface area contributed by atoms with Crippen LogP contribution in [0.4, 0.5) is 0 Å². The summed E-state index contributed by atoms with van der Waals surface area (Å²) in [5, 5.41) is 0. The second-order valence-corrected chi connectivity index (χ2v) is 5.17. The summed E-state index contributed by atoms with van der Waals surface area (Å²) >= 11 is 0. The number of rotatable bonds is 5. The first kappa shape index (κ1) is 17.4. The van der Waals surface area contributed by atoms with Gasteiger partial charge in [-0.15, -0.1) is 0 Å². The third-order valence-corrected chi connectivity index (χ3v) is 3.69.